The summed E-state index contributed by atoms with van der Waals surface area (Å²) in [5, 5.41) is 34.4. The summed E-state index contributed by atoms with van der Waals surface area (Å²) in [7, 11) is 0. The van der Waals surface area contributed by atoms with E-state index < -0.39 is 148 Å². The van der Waals surface area contributed by atoms with E-state index in [1.807, 2.05) is 34.6 Å². The Morgan fingerprint density at radius 3 is 1.41 bits per heavy atom. The Morgan fingerprint density at radius 1 is 0.530 bits per heavy atom. The maximum atomic E-state index is 14.5. The van der Waals surface area contributed by atoms with Crippen molar-refractivity contribution in [3.8, 4) is 0 Å². The van der Waals surface area contributed by atoms with E-state index in [2.05, 4.69) is 47.9 Å². The third kappa shape index (κ3) is 21.6. The van der Waals surface area contributed by atoms with Crippen LogP contribution in [0.15, 0.2) is 0 Å². The fraction of sp³-hybridized carbons (Fsp3) is 0.793. The van der Waals surface area contributed by atoms with Crippen molar-refractivity contribution in [3.63, 3.8) is 0 Å². The first-order chi connectivity index (χ1) is 38.3. The average molecular weight is 1180 g/mol. The van der Waals surface area contributed by atoms with Crippen LogP contribution in [-0.4, -0.2) is 170 Å². The molecule has 12 N–H and O–H groups in total. The maximum absolute atomic E-state index is 14.5. The molecule has 2 rings (SSSR count). The van der Waals surface area contributed by atoms with Crippen LogP contribution < -0.4 is 53.6 Å². The smallest absolute Gasteiger partial charge is 0.248 e. The van der Waals surface area contributed by atoms with Crippen molar-refractivity contribution >= 4 is 70.9 Å². The van der Waals surface area contributed by atoms with Gasteiger partial charge in [0.05, 0.1) is 12.6 Å². The van der Waals surface area contributed by atoms with Crippen molar-refractivity contribution in [3.05, 3.63) is 0 Å². The number of rotatable bonds is 32. The highest BCUT2D eigenvalue weighted by atomic mass is 16.3. The minimum absolute atomic E-state index is 0.110. The molecule has 83 heavy (non-hydrogen) atoms. The molecule has 12 amide bonds. The average Bonchev–Trinajstić information content (AvgIpc) is 3.92. The molecule has 0 saturated carbocycles. The zero-order valence-corrected chi connectivity index (χ0v) is 52.5. The second-order valence-corrected chi connectivity index (χ2v) is 25.6. The largest absolute Gasteiger partial charge is 0.394 e. The quantitative estimate of drug-likeness (QED) is 0.0442. The standard InChI is InChI=1S/C58H102N12O13/c1-18-34(9)44(50(78)61-39(29-32(5)6)47(75)67-57(14,15)54(82)69-26-20-22-40(69)48(76)60-37(30-71)28-31(3)4)65-49(77)41-23-21-27-70(41)55(83)58(16,17)68-52(80)43(33(7)8)63-51(79)45(35(10)19-2)64-46(74)38(24-25-42(59)73)62-53(81)56(12,13)66-36(11)72/h31-35,37-41,43-45,71H,18-30H2,1-17H3,(H2,59,73)(H,60,76)(H,61,78)(H,62,81)(H,63,79)(H,64,74)(H,65,77)(H,66,72)(H,67,75)(H,68,80)/t34-,35+,37-,38-,39-,40-,41-,43-,44-,45-/m0/s1. The molecule has 10 atom stereocenters. The van der Waals surface area contributed by atoms with Crippen molar-refractivity contribution in [2.24, 2.45) is 35.3 Å². The van der Waals surface area contributed by atoms with Crippen LogP contribution in [0.2, 0.25) is 0 Å². The first-order valence-electron chi connectivity index (χ1n) is 29.6. The van der Waals surface area contributed by atoms with Crippen molar-refractivity contribution in [2.45, 2.75) is 247 Å². The number of aliphatic hydroxyl groups is 1. The monoisotopic (exact) mass is 1170 g/mol. The van der Waals surface area contributed by atoms with Gasteiger partial charge in [-0.1, -0.05) is 82.1 Å². The Balaban J connectivity index is 2.30. The van der Waals surface area contributed by atoms with Crippen LogP contribution in [-0.2, 0) is 57.5 Å². The predicted molar refractivity (Wildman–Crippen MR) is 312 cm³/mol. The number of aliphatic hydroxyl groups excluding tert-OH is 1. The second-order valence-electron chi connectivity index (χ2n) is 25.6. The highest BCUT2D eigenvalue weighted by Crippen LogP contribution is 2.25. The van der Waals surface area contributed by atoms with Crippen LogP contribution in [0.5, 0.6) is 0 Å². The molecule has 2 fully saturated rings. The first kappa shape index (κ1) is 72.7. The van der Waals surface area contributed by atoms with Crippen LogP contribution >= 0.6 is 0 Å². The lowest BCUT2D eigenvalue weighted by Crippen LogP contribution is -2.64. The zero-order valence-electron chi connectivity index (χ0n) is 52.5. The number of likely N-dealkylation sites (tertiary alicyclic amines) is 2. The van der Waals surface area contributed by atoms with Gasteiger partial charge in [0.15, 0.2) is 0 Å². The molecular weight excluding hydrogens is 1070 g/mol. The van der Waals surface area contributed by atoms with Gasteiger partial charge in [0, 0.05) is 26.4 Å². The third-order valence-corrected chi connectivity index (χ3v) is 15.4. The van der Waals surface area contributed by atoms with Crippen LogP contribution in [0, 0.1) is 29.6 Å². The number of carbonyl (C=O) groups is 12. The lowest BCUT2D eigenvalue weighted by molar-refractivity contribution is -0.146. The summed E-state index contributed by atoms with van der Waals surface area (Å²) in [5.74, 6) is -9.19. The second kappa shape index (κ2) is 32.0. The fourth-order valence-electron chi connectivity index (χ4n) is 10.3. The lowest BCUT2D eigenvalue weighted by Gasteiger charge is -2.36. The molecule has 2 saturated heterocycles. The Kier molecular flexibility index (Phi) is 28.1. The van der Waals surface area contributed by atoms with Crippen LogP contribution in [0.4, 0.5) is 0 Å². The van der Waals surface area contributed by atoms with Crippen molar-refractivity contribution in [2.75, 3.05) is 19.7 Å². The summed E-state index contributed by atoms with van der Waals surface area (Å²) >= 11 is 0. The van der Waals surface area contributed by atoms with E-state index in [9.17, 15) is 62.6 Å². The number of hydrogen-bond donors (Lipinski definition) is 11. The summed E-state index contributed by atoms with van der Waals surface area (Å²) in [6.07, 6.45) is 2.61. The molecule has 0 unspecified atom stereocenters. The Morgan fingerprint density at radius 2 is 0.976 bits per heavy atom. The summed E-state index contributed by atoms with van der Waals surface area (Å²) in [6, 6.07) is -8.52. The van der Waals surface area contributed by atoms with Gasteiger partial charge >= 0.3 is 0 Å². The normalized spacial score (nSPS) is 18.6. The topological polar surface area (TPSA) is 366 Å². The number of carbonyl (C=O) groups excluding carboxylic acids is 12. The van der Waals surface area contributed by atoms with Gasteiger partial charge in [-0.25, -0.2) is 0 Å². The molecule has 2 aliphatic heterocycles. The number of nitrogens with zero attached hydrogens (tertiary/aromatic N) is 2. The molecule has 472 valence electrons. The molecule has 25 heteroatoms. The molecule has 0 aromatic carbocycles. The van der Waals surface area contributed by atoms with E-state index in [4.69, 9.17) is 5.73 Å². The van der Waals surface area contributed by atoms with Gasteiger partial charge in [-0.2, -0.15) is 0 Å². The minimum atomic E-state index is -1.66. The first-order valence-corrected chi connectivity index (χ1v) is 29.6. The van der Waals surface area contributed by atoms with Crippen LogP contribution in [0.1, 0.15) is 182 Å². The van der Waals surface area contributed by atoms with E-state index in [1.54, 1.807) is 34.6 Å². The molecule has 2 aliphatic rings. The van der Waals surface area contributed by atoms with E-state index in [-0.39, 0.29) is 63.1 Å². The van der Waals surface area contributed by atoms with Crippen molar-refractivity contribution < 1.29 is 62.6 Å². The Labute approximate surface area is 491 Å². The minimum Gasteiger partial charge on any atom is -0.394 e. The predicted octanol–water partition coefficient (Wildman–Crippen LogP) is 0.680. The number of nitrogens with two attached hydrogens (primary N) is 1. The fourth-order valence-corrected chi connectivity index (χ4v) is 10.3. The molecule has 0 aromatic heterocycles. The summed E-state index contributed by atoms with van der Waals surface area (Å²) in [5.41, 5.74) is 0.751. The van der Waals surface area contributed by atoms with Gasteiger partial charge in [0.25, 0.3) is 0 Å². The third-order valence-electron chi connectivity index (χ3n) is 15.4. The van der Waals surface area contributed by atoms with Crippen LogP contribution in [0.3, 0.4) is 0 Å². The highest BCUT2D eigenvalue weighted by Gasteiger charge is 2.46. The van der Waals surface area contributed by atoms with Crippen molar-refractivity contribution in [1.29, 1.82) is 0 Å². The molecule has 0 bridgehead atoms. The number of nitrogens with one attached hydrogen (secondary N) is 9. The van der Waals surface area contributed by atoms with Gasteiger partial charge in [0.1, 0.15) is 58.9 Å². The summed E-state index contributed by atoms with van der Waals surface area (Å²) < 4.78 is 0. The molecule has 2 heterocycles. The Hall–Kier alpha value is -6.40. The molecule has 25 nitrogen and oxygen atoms in total. The van der Waals surface area contributed by atoms with E-state index in [0.29, 0.717) is 38.5 Å². The number of primary amides is 1. The lowest BCUT2D eigenvalue weighted by atomic mass is 9.95. The zero-order chi connectivity index (χ0) is 63.6. The molecule has 0 aromatic rings. The van der Waals surface area contributed by atoms with Gasteiger partial charge in [-0.15, -0.1) is 0 Å². The molecule has 0 spiro atoms. The van der Waals surface area contributed by atoms with E-state index in [1.165, 1.54) is 58.3 Å². The highest BCUT2D eigenvalue weighted by molar-refractivity contribution is 6.01. The van der Waals surface area contributed by atoms with Gasteiger partial charge in [-0.05, 0) is 116 Å². The maximum Gasteiger partial charge on any atom is 0.248 e. The Bertz CT molecular complexity index is 2320. The van der Waals surface area contributed by atoms with E-state index >= 15 is 0 Å². The summed E-state index contributed by atoms with van der Waals surface area (Å²) in [4.78, 5) is 167. The molecular formula is C58H102N12O13. The van der Waals surface area contributed by atoms with E-state index in [0.717, 1.165) is 0 Å². The SMILES string of the molecule is CC[C@@H](C)[C@H](NC(=O)[C@H](CCC(N)=O)NC(=O)C(C)(C)NC(C)=O)C(=O)N[C@H](C(=O)NC(C)(C)C(=O)N1CCC[C@H]1C(=O)N[C@H](C(=O)N[C@@H](CC(C)C)C(=O)NC(C)(C)C(=O)N1CCC[C@H]1C(=O)N[C@H](CO)CC(C)C)[C@@H](C)CC)C(C)C. The molecule has 0 radical (unpaired) electrons. The van der Waals surface area contributed by atoms with Crippen LogP contribution in [0.25, 0.3) is 0 Å². The van der Waals surface area contributed by atoms with Gasteiger partial charge in [-0.3, -0.25) is 57.5 Å². The van der Waals surface area contributed by atoms with Crippen molar-refractivity contribution in [1.82, 2.24) is 57.7 Å². The summed E-state index contributed by atoms with van der Waals surface area (Å²) in [6.45, 7) is 28.3. The van der Waals surface area contributed by atoms with Gasteiger partial charge in [0.2, 0.25) is 70.9 Å². The molecule has 0 aliphatic carbocycles. The van der Waals surface area contributed by atoms with Gasteiger partial charge < -0.3 is 68.5 Å². The number of hydrogen-bond acceptors (Lipinski definition) is 13. The number of amides is 12.